The SMILES string of the molecule is Cc1cnc(CNCc2ccccc2C2CC2)cn1. The molecule has 0 saturated heterocycles. The maximum absolute atomic E-state index is 4.35. The average molecular weight is 253 g/mol. The molecule has 98 valence electrons. The standard InChI is InChI=1S/C16H19N3/c1-12-8-19-15(11-18-12)10-17-9-14-4-2-3-5-16(14)13-6-7-13/h2-5,8,11,13,17H,6-7,9-10H2,1H3. The number of nitrogens with one attached hydrogen (secondary N) is 1. The summed E-state index contributed by atoms with van der Waals surface area (Å²) in [6, 6.07) is 8.75. The Morgan fingerprint density at radius 2 is 1.95 bits per heavy atom. The normalized spacial score (nSPS) is 14.6. The molecule has 1 N–H and O–H groups in total. The summed E-state index contributed by atoms with van der Waals surface area (Å²) in [5.41, 5.74) is 4.90. The highest BCUT2D eigenvalue weighted by Crippen LogP contribution is 2.41. The van der Waals surface area contributed by atoms with Crippen molar-refractivity contribution in [3.63, 3.8) is 0 Å². The Balaban J connectivity index is 1.59. The molecular weight excluding hydrogens is 234 g/mol. The lowest BCUT2D eigenvalue weighted by molar-refractivity contribution is 0.671. The molecule has 2 aromatic rings. The van der Waals surface area contributed by atoms with E-state index in [0.717, 1.165) is 30.4 Å². The number of nitrogens with zero attached hydrogens (tertiary/aromatic N) is 2. The fourth-order valence-electron chi connectivity index (χ4n) is 2.32. The zero-order valence-electron chi connectivity index (χ0n) is 11.3. The van der Waals surface area contributed by atoms with Crippen molar-refractivity contribution >= 4 is 0 Å². The lowest BCUT2D eigenvalue weighted by Gasteiger charge is -2.09. The van der Waals surface area contributed by atoms with E-state index in [0.29, 0.717) is 0 Å². The van der Waals surface area contributed by atoms with Crippen LogP contribution in [0.1, 0.15) is 41.3 Å². The van der Waals surface area contributed by atoms with E-state index in [1.54, 1.807) is 0 Å². The second-order valence-corrected chi connectivity index (χ2v) is 5.23. The summed E-state index contributed by atoms with van der Waals surface area (Å²) in [4.78, 5) is 8.61. The smallest absolute Gasteiger partial charge is 0.0724 e. The van der Waals surface area contributed by atoms with Crippen LogP contribution in [0.25, 0.3) is 0 Å². The molecule has 3 rings (SSSR count). The van der Waals surface area contributed by atoms with E-state index >= 15 is 0 Å². The third-order valence-corrected chi connectivity index (χ3v) is 3.53. The Hall–Kier alpha value is -1.74. The highest BCUT2D eigenvalue weighted by molar-refractivity contribution is 5.33. The van der Waals surface area contributed by atoms with Gasteiger partial charge in [0.1, 0.15) is 0 Å². The van der Waals surface area contributed by atoms with Gasteiger partial charge in [-0.15, -0.1) is 0 Å². The van der Waals surface area contributed by atoms with Gasteiger partial charge in [0.05, 0.1) is 11.4 Å². The molecule has 3 heteroatoms. The van der Waals surface area contributed by atoms with Crippen LogP contribution in [0.15, 0.2) is 36.7 Å². The first kappa shape index (κ1) is 12.3. The van der Waals surface area contributed by atoms with Gasteiger partial charge in [-0.05, 0) is 36.8 Å². The number of rotatable bonds is 5. The van der Waals surface area contributed by atoms with Gasteiger partial charge in [0.15, 0.2) is 0 Å². The fraction of sp³-hybridized carbons (Fsp3) is 0.375. The van der Waals surface area contributed by atoms with Crippen LogP contribution in [0.2, 0.25) is 0 Å². The number of benzene rings is 1. The summed E-state index contributed by atoms with van der Waals surface area (Å²) in [5, 5.41) is 3.46. The molecule has 0 spiro atoms. The van der Waals surface area contributed by atoms with Gasteiger partial charge in [-0.1, -0.05) is 24.3 Å². The van der Waals surface area contributed by atoms with Gasteiger partial charge >= 0.3 is 0 Å². The van der Waals surface area contributed by atoms with E-state index in [2.05, 4.69) is 39.6 Å². The van der Waals surface area contributed by atoms with Gasteiger partial charge < -0.3 is 5.32 Å². The highest BCUT2D eigenvalue weighted by Gasteiger charge is 2.25. The summed E-state index contributed by atoms with van der Waals surface area (Å²) in [6.07, 6.45) is 6.35. The van der Waals surface area contributed by atoms with Gasteiger partial charge in [-0.3, -0.25) is 9.97 Å². The molecule has 0 bridgehead atoms. The third-order valence-electron chi connectivity index (χ3n) is 3.53. The average Bonchev–Trinajstić information content (AvgIpc) is 3.26. The van der Waals surface area contributed by atoms with Crippen molar-refractivity contribution in [2.75, 3.05) is 0 Å². The van der Waals surface area contributed by atoms with Crippen molar-refractivity contribution < 1.29 is 0 Å². The highest BCUT2D eigenvalue weighted by atomic mass is 14.9. The molecule has 1 heterocycles. The predicted octanol–water partition coefficient (Wildman–Crippen LogP) is 2.95. The van der Waals surface area contributed by atoms with E-state index in [1.165, 1.54) is 24.0 Å². The van der Waals surface area contributed by atoms with E-state index in [1.807, 2.05) is 19.3 Å². The Kier molecular flexibility index (Phi) is 3.56. The molecule has 0 unspecified atom stereocenters. The Morgan fingerprint density at radius 1 is 1.11 bits per heavy atom. The molecule has 3 nitrogen and oxygen atoms in total. The lowest BCUT2D eigenvalue weighted by atomic mass is 10.0. The minimum Gasteiger partial charge on any atom is -0.307 e. The summed E-state index contributed by atoms with van der Waals surface area (Å²) in [7, 11) is 0. The van der Waals surface area contributed by atoms with Crippen LogP contribution in [-0.4, -0.2) is 9.97 Å². The van der Waals surface area contributed by atoms with E-state index in [4.69, 9.17) is 0 Å². The minimum absolute atomic E-state index is 0.770. The van der Waals surface area contributed by atoms with Crippen molar-refractivity contribution in [3.05, 3.63) is 59.2 Å². The first-order chi connectivity index (χ1) is 9.33. The molecule has 1 aliphatic rings. The number of hydrogen-bond donors (Lipinski definition) is 1. The molecule has 0 atom stereocenters. The van der Waals surface area contributed by atoms with Gasteiger partial charge in [0, 0.05) is 25.5 Å². The van der Waals surface area contributed by atoms with Gasteiger partial charge in [-0.2, -0.15) is 0 Å². The molecule has 0 amide bonds. The molecule has 0 aliphatic heterocycles. The van der Waals surface area contributed by atoms with Crippen molar-refractivity contribution in [2.45, 2.75) is 38.8 Å². The van der Waals surface area contributed by atoms with Crippen LogP contribution in [0.5, 0.6) is 0 Å². The first-order valence-corrected chi connectivity index (χ1v) is 6.89. The molecule has 1 aromatic heterocycles. The maximum atomic E-state index is 4.35. The summed E-state index contributed by atoms with van der Waals surface area (Å²) < 4.78 is 0. The second-order valence-electron chi connectivity index (χ2n) is 5.23. The van der Waals surface area contributed by atoms with Crippen LogP contribution < -0.4 is 5.32 Å². The Bertz CT molecular complexity index is 544. The molecule has 1 aromatic carbocycles. The number of aromatic nitrogens is 2. The topological polar surface area (TPSA) is 37.8 Å². The van der Waals surface area contributed by atoms with Gasteiger partial charge in [0.25, 0.3) is 0 Å². The van der Waals surface area contributed by atoms with Crippen molar-refractivity contribution in [3.8, 4) is 0 Å². The minimum atomic E-state index is 0.770. The molecule has 1 aliphatic carbocycles. The van der Waals surface area contributed by atoms with Crippen molar-refractivity contribution in [1.29, 1.82) is 0 Å². The van der Waals surface area contributed by atoms with E-state index in [-0.39, 0.29) is 0 Å². The molecular formula is C16H19N3. The van der Waals surface area contributed by atoms with E-state index in [9.17, 15) is 0 Å². The molecule has 19 heavy (non-hydrogen) atoms. The summed E-state index contributed by atoms with van der Waals surface area (Å²) >= 11 is 0. The monoisotopic (exact) mass is 253 g/mol. The first-order valence-electron chi connectivity index (χ1n) is 6.89. The molecule has 0 radical (unpaired) electrons. The predicted molar refractivity (Wildman–Crippen MR) is 75.7 cm³/mol. The Labute approximate surface area is 114 Å². The van der Waals surface area contributed by atoms with E-state index < -0.39 is 0 Å². The molecule has 1 fully saturated rings. The summed E-state index contributed by atoms with van der Waals surface area (Å²) in [6.45, 7) is 3.63. The number of hydrogen-bond acceptors (Lipinski definition) is 3. The van der Waals surface area contributed by atoms with Crippen LogP contribution in [-0.2, 0) is 13.1 Å². The zero-order valence-corrected chi connectivity index (χ0v) is 11.3. The van der Waals surface area contributed by atoms with Crippen LogP contribution in [0.4, 0.5) is 0 Å². The third kappa shape index (κ3) is 3.18. The maximum Gasteiger partial charge on any atom is 0.0724 e. The van der Waals surface area contributed by atoms with Gasteiger partial charge in [-0.25, -0.2) is 0 Å². The Morgan fingerprint density at radius 3 is 2.68 bits per heavy atom. The summed E-state index contributed by atoms with van der Waals surface area (Å²) in [5.74, 6) is 0.803. The van der Waals surface area contributed by atoms with Crippen molar-refractivity contribution in [2.24, 2.45) is 0 Å². The van der Waals surface area contributed by atoms with Crippen LogP contribution >= 0.6 is 0 Å². The lowest BCUT2D eigenvalue weighted by Crippen LogP contribution is -2.15. The number of aryl methyl sites for hydroxylation is 1. The quantitative estimate of drug-likeness (QED) is 0.890. The fourth-order valence-corrected chi connectivity index (χ4v) is 2.32. The van der Waals surface area contributed by atoms with Gasteiger partial charge in [0.2, 0.25) is 0 Å². The van der Waals surface area contributed by atoms with Crippen LogP contribution in [0, 0.1) is 6.92 Å². The van der Waals surface area contributed by atoms with Crippen molar-refractivity contribution in [1.82, 2.24) is 15.3 Å². The molecule has 1 saturated carbocycles. The zero-order chi connectivity index (χ0) is 13.1. The second kappa shape index (κ2) is 5.49. The van der Waals surface area contributed by atoms with Crippen LogP contribution in [0.3, 0.4) is 0 Å². The largest absolute Gasteiger partial charge is 0.307 e.